The normalized spacial score (nSPS) is 15.1. The lowest BCUT2D eigenvalue weighted by Crippen LogP contribution is -2.44. The number of fused-ring (bicyclic) bond motifs is 1. The van der Waals surface area contributed by atoms with Gasteiger partial charge in [0.1, 0.15) is 5.65 Å². The lowest BCUT2D eigenvalue weighted by molar-refractivity contribution is 0.313. The first kappa shape index (κ1) is 18.8. The van der Waals surface area contributed by atoms with Crippen molar-refractivity contribution in [2.24, 2.45) is 0 Å². The third kappa shape index (κ3) is 3.46. The lowest BCUT2D eigenvalue weighted by Gasteiger charge is -2.34. The largest absolute Gasteiger partial charge is 0.369 e. The molecule has 0 saturated carbocycles. The topological polar surface area (TPSA) is 48.1 Å². The van der Waals surface area contributed by atoms with E-state index in [4.69, 9.17) is 0 Å². The summed E-state index contributed by atoms with van der Waals surface area (Å²) in [4.78, 5) is 17.4. The molecule has 1 aliphatic rings. The van der Waals surface area contributed by atoms with Crippen molar-refractivity contribution in [1.82, 2.24) is 19.9 Å². The van der Waals surface area contributed by atoms with Gasteiger partial charge < -0.3 is 14.8 Å². The quantitative estimate of drug-likeness (QED) is 0.546. The van der Waals surface area contributed by atoms with E-state index in [1.807, 2.05) is 25.5 Å². The number of hydrogen-bond acceptors (Lipinski definition) is 4. The van der Waals surface area contributed by atoms with Gasteiger partial charge in [-0.2, -0.15) is 0 Å². The van der Waals surface area contributed by atoms with Crippen molar-refractivity contribution in [3.05, 3.63) is 66.2 Å². The summed E-state index contributed by atoms with van der Waals surface area (Å²) in [5.74, 6) is 0. The number of aromatic amines is 1. The predicted molar refractivity (Wildman–Crippen MR) is 124 cm³/mol. The third-order valence-corrected chi connectivity index (χ3v) is 6.25. The molecule has 5 heteroatoms. The van der Waals surface area contributed by atoms with Gasteiger partial charge in [0.2, 0.25) is 0 Å². The van der Waals surface area contributed by atoms with Crippen LogP contribution in [-0.2, 0) is 0 Å². The molecule has 1 saturated heterocycles. The molecular formula is C25H27N5. The molecule has 1 aromatic carbocycles. The average Bonchev–Trinajstić information content (AvgIpc) is 3.20. The van der Waals surface area contributed by atoms with Crippen LogP contribution in [0.4, 0.5) is 5.69 Å². The van der Waals surface area contributed by atoms with Crippen molar-refractivity contribution in [2.75, 3.05) is 38.1 Å². The molecule has 0 aliphatic carbocycles. The highest BCUT2D eigenvalue weighted by Gasteiger charge is 2.15. The highest BCUT2D eigenvalue weighted by molar-refractivity contribution is 5.95. The Morgan fingerprint density at radius 2 is 1.57 bits per heavy atom. The van der Waals surface area contributed by atoms with Crippen LogP contribution in [0.2, 0.25) is 0 Å². The number of pyridine rings is 2. The van der Waals surface area contributed by atoms with E-state index < -0.39 is 0 Å². The Morgan fingerprint density at radius 3 is 2.30 bits per heavy atom. The molecule has 0 radical (unpaired) electrons. The van der Waals surface area contributed by atoms with Crippen LogP contribution in [0.25, 0.3) is 33.3 Å². The van der Waals surface area contributed by atoms with E-state index in [9.17, 15) is 0 Å². The van der Waals surface area contributed by atoms with Crippen LogP contribution in [0.5, 0.6) is 0 Å². The van der Waals surface area contributed by atoms with Crippen molar-refractivity contribution >= 4 is 16.7 Å². The maximum atomic E-state index is 4.67. The van der Waals surface area contributed by atoms with E-state index in [1.165, 1.54) is 16.8 Å². The molecule has 5 nitrogen and oxygen atoms in total. The highest BCUT2D eigenvalue weighted by Crippen LogP contribution is 2.32. The molecule has 4 aromatic rings. The summed E-state index contributed by atoms with van der Waals surface area (Å²) in [7, 11) is 2.19. The number of piperazine rings is 1. The van der Waals surface area contributed by atoms with Crippen molar-refractivity contribution in [1.29, 1.82) is 0 Å². The second kappa shape index (κ2) is 7.58. The van der Waals surface area contributed by atoms with Gasteiger partial charge in [-0.05, 0) is 56.3 Å². The first-order valence-electron chi connectivity index (χ1n) is 10.5. The van der Waals surface area contributed by atoms with Crippen molar-refractivity contribution in [3.8, 4) is 22.3 Å². The molecule has 3 aromatic heterocycles. The van der Waals surface area contributed by atoms with Gasteiger partial charge in [0.15, 0.2) is 0 Å². The molecule has 0 bridgehead atoms. The molecule has 30 heavy (non-hydrogen) atoms. The van der Waals surface area contributed by atoms with Gasteiger partial charge in [-0.1, -0.05) is 12.1 Å². The maximum absolute atomic E-state index is 4.67. The van der Waals surface area contributed by atoms with Crippen LogP contribution in [0.15, 0.2) is 55.0 Å². The summed E-state index contributed by atoms with van der Waals surface area (Å²) in [6.45, 7) is 8.55. The van der Waals surface area contributed by atoms with Crippen LogP contribution >= 0.6 is 0 Å². The van der Waals surface area contributed by atoms with E-state index in [2.05, 4.69) is 75.1 Å². The molecular weight excluding hydrogens is 370 g/mol. The number of benzene rings is 1. The van der Waals surface area contributed by atoms with E-state index in [0.717, 1.165) is 59.6 Å². The number of hydrogen-bond donors (Lipinski definition) is 1. The SMILES string of the molecule is Cc1cc(-c2c[nH]c3ncc(-c4ccc(N5CCN(C)CC5)cc4)cc23)cnc1C. The van der Waals surface area contributed by atoms with E-state index in [0.29, 0.717) is 0 Å². The first-order chi connectivity index (χ1) is 14.6. The zero-order valence-electron chi connectivity index (χ0n) is 17.8. The monoisotopic (exact) mass is 397 g/mol. The van der Waals surface area contributed by atoms with Gasteiger partial charge in [-0.3, -0.25) is 4.98 Å². The standard InChI is InChI=1S/C25H27N5/c1-17-12-21(15-26-18(17)2)24-16-28-25-23(24)13-20(14-27-25)19-4-6-22(7-5-19)30-10-8-29(3)9-11-30/h4-7,12-16H,8-11H2,1-3H3,(H,27,28). The number of rotatable bonds is 3. The number of likely N-dealkylation sites (N-methyl/N-ethyl adjacent to an activating group) is 1. The Balaban J connectivity index is 1.47. The number of nitrogens with one attached hydrogen (secondary N) is 1. The minimum atomic E-state index is 0.904. The first-order valence-corrected chi connectivity index (χ1v) is 10.5. The number of nitrogens with zero attached hydrogens (tertiary/aromatic N) is 4. The van der Waals surface area contributed by atoms with Gasteiger partial charge in [0.25, 0.3) is 0 Å². The average molecular weight is 398 g/mol. The molecule has 1 aliphatic heterocycles. The molecule has 1 N–H and O–H groups in total. The van der Waals surface area contributed by atoms with Gasteiger partial charge in [0.05, 0.1) is 0 Å². The fourth-order valence-electron chi connectivity index (χ4n) is 4.12. The van der Waals surface area contributed by atoms with Gasteiger partial charge >= 0.3 is 0 Å². The van der Waals surface area contributed by atoms with E-state index >= 15 is 0 Å². The number of aryl methyl sites for hydroxylation is 2. The molecule has 1 fully saturated rings. The number of H-pyrrole nitrogens is 1. The van der Waals surface area contributed by atoms with Crippen molar-refractivity contribution in [2.45, 2.75) is 13.8 Å². The summed E-state index contributed by atoms with van der Waals surface area (Å²) in [5.41, 5.74) is 9.05. The predicted octanol–water partition coefficient (Wildman–Crippen LogP) is 4.66. The fraction of sp³-hybridized carbons (Fsp3) is 0.280. The third-order valence-electron chi connectivity index (χ3n) is 6.25. The fourth-order valence-corrected chi connectivity index (χ4v) is 4.12. The van der Waals surface area contributed by atoms with Gasteiger partial charge in [0, 0.05) is 78.2 Å². The minimum absolute atomic E-state index is 0.904. The highest BCUT2D eigenvalue weighted by atomic mass is 15.2. The Bertz CT molecular complexity index is 1180. The molecule has 4 heterocycles. The van der Waals surface area contributed by atoms with Crippen LogP contribution in [0.3, 0.4) is 0 Å². The van der Waals surface area contributed by atoms with Crippen molar-refractivity contribution < 1.29 is 0 Å². The second-order valence-electron chi connectivity index (χ2n) is 8.29. The smallest absolute Gasteiger partial charge is 0.137 e. The summed E-state index contributed by atoms with van der Waals surface area (Å²) in [5, 5.41) is 1.13. The summed E-state index contributed by atoms with van der Waals surface area (Å²) in [6, 6.07) is 13.3. The van der Waals surface area contributed by atoms with Gasteiger partial charge in [-0.15, -0.1) is 0 Å². The molecule has 152 valence electrons. The van der Waals surface area contributed by atoms with E-state index in [-0.39, 0.29) is 0 Å². The Kier molecular flexibility index (Phi) is 4.75. The van der Waals surface area contributed by atoms with Crippen molar-refractivity contribution in [3.63, 3.8) is 0 Å². The molecule has 0 spiro atoms. The summed E-state index contributed by atoms with van der Waals surface area (Å²) < 4.78 is 0. The Labute approximate surface area is 177 Å². The second-order valence-corrected chi connectivity index (χ2v) is 8.29. The van der Waals surface area contributed by atoms with Crippen LogP contribution in [0, 0.1) is 13.8 Å². The zero-order valence-corrected chi connectivity index (χ0v) is 17.8. The molecule has 5 rings (SSSR count). The number of anilines is 1. The Hall–Kier alpha value is -3.18. The van der Waals surface area contributed by atoms with Crippen LogP contribution in [-0.4, -0.2) is 53.1 Å². The molecule has 0 unspecified atom stereocenters. The van der Waals surface area contributed by atoms with Crippen LogP contribution in [0.1, 0.15) is 11.3 Å². The molecule has 0 atom stereocenters. The molecule has 0 amide bonds. The Morgan fingerprint density at radius 1 is 0.833 bits per heavy atom. The minimum Gasteiger partial charge on any atom is -0.369 e. The summed E-state index contributed by atoms with van der Waals surface area (Å²) in [6.07, 6.45) is 5.93. The maximum Gasteiger partial charge on any atom is 0.137 e. The van der Waals surface area contributed by atoms with Gasteiger partial charge in [-0.25, -0.2) is 4.98 Å². The summed E-state index contributed by atoms with van der Waals surface area (Å²) >= 11 is 0. The number of aromatic nitrogens is 3. The van der Waals surface area contributed by atoms with Crippen LogP contribution < -0.4 is 4.90 Å². The zero-order chi connectivity index (χ0) is 20.7. The van der Waals surface area contributed by atoms with E-state index in [1.54, 1.807) is 0 Å². The lowest BCUT2D eigenvalue weighted by atomic mass is 10.0.